The number of ether oxygens (including phenoxy) is 1. The van der Waals surface area contributed by atoms with E-state index >= 15 is 0 Å². The molecule has 2 N–H and O–H groups in total. The number of carbonyl (C=O) groups excluding carboxylic acids is 1. The maximum Gasteiger partial charge on any atom is 0.224 e. The summed E-state index contributed by atoms with van der Waals surface area (Å²) in [5.74, 6) is 1.50. The maximum absolute atomic E-state index is 11.7. The van der Waals surface area contributed by atoms with E-state index in [1.165, 1.54) is 5.56 Å². The summed E-state index contributed by atoms with van der Waals surface area (Å²) in [6.07, 6.45) is 2.51. The highest BCUT2D eigenvalue weighted by atomic mass is 127. The number of hydrogen-bond donors (Lipinski definition) is 2. The van der Waals surface area contributed by atoms with Crippen molar-refractivity contribution in [2.24, 2.45) is 10.9 Å². The number of anilines is 1. The molecule has 1 aliphatic heterocycles. The lowest BCUT2D eigenvalue weighted by molar-refractivity contribution is -0.116. The van der Waals surface area contributed by atoms with E-state index in [1.807, 2.05) is 56.4 Å². The first-order valence-corrected chi connectivity index (χ1v) is 11.1. The van der Waals surface area contributed by atoms with Gasteiger partial charge in [-0.15, -0.1) is 24.0 Å². The van der Waals surface area contributed by atoms with E-state index in [2.05, 4.69) is 32.7 Å². The Morgan fingerprint density at radius 3 is 2.56 bits per heavy atom. The first-order chi connectivity index (χ1) is 15.2. The highest BCUT2D eigenvalue weighted by Crippen LogP contribution is 2.18. The van der Waals surface area contributed by atoms with Gasteiger partial charge in [-0.3, -0.25) is 9.79 Å². The Kier molecular flexibility index (Phi) is 11.5. The second kappa shape index (κ2) is 14.1. The standard InChI is InChI=1S/C25H34N4O2.HI/c1-3-7-24(30)28-23-12-10-20(11-13-23)16-27-25(26-2)29-15-14-22(17-29)19-31-18-21-8-5-4-6-9-21;/h4-6,8-13,22H,3,7,14-19H2,1-2H3,(H,26,27)(H,28,30);1H. The Bertz CT molecular complexity index is 843. The molecule has 1 atom stereocenters. The Balaban J connectivity index is 0.00000363. The summed E-state index contributed by atoms with van der Waals surface area (Å²) in [6.45, 7) is 6.08. The molecular weight excluding hydrogens is 515 g/mol. The first-order valence-electron chi connectivity index (χ1n) is 11.1. The Labute approximate surface area is 208 Å². The number of likely N-dealkylation sites (tertiary alicyclic amines) is 1. The SMILES string of the molecule is CCCC(=O)Nc1ccc(CNC(=NC)N2CCC(COCc3ccccc3)C2)cc1.I. The topological polar surface area (TPSA) is 66.0 Å². The molecule has 1 aliphatic rings. The largest absolute Gasteiger partial charge is 0.376 e. The van der Waals surface area contributed by atoms with Crippen LogP contribution in [0.4, 0.5) is 5.69 Å². The Hall–Kier alpha value is -2.13. The second-order valence-corrected chi connectivity index (χ2v) is 8.00. The number of benzene rings is 2. The molecule has 0 saturated carbocycles. The van der Waals surface area contributed by atoms with Gasteiger partial charge < -0.3 is 20.3 Å². The summed E-state index contributed by atoms with van der Waals surface area (Å²) in [7, 11) is 1.83. The fourth-order valence-corrected chi connectivity index (χ4v) is 3.75. The van der Waals surface area contributed by atoms with E-state index in [1.54, 1.807) is 0 Å². The zero-order valence-electron chi connectivity index (χ0n) is 19.0. The van der Waals surface area contributed by atoms with Crippen molar-refractivity contribution in [2.75, 3.05) is 32.1 Å². The van der Waals surface area contributed by atoms with E-state index in [0.29, 0.717) is 25.5 Å². The molecule has 3 rings (SSSR count). The minimum absolute atomic E-state index is 0. The molecule has 7 heteroatoms. The zero-order chi connectivity index (χ0) is 21.9. The molecule has 1 fully saturated rings. The molecule has 2 aromatic rings. The van der Waals surface area contributed by atoms with Crippen LogP contribution in [-0.2, 0) is 22.7 Å². The van der Waals surface area contributed by atoms with E-state index in [9.17, 15) is 4.79 Å². The number of carbonyl (C=O) groups is 1. The van der Waals surface area contributed by atoms with Crippen LogP contribution in [-0.4, -0.2) is 43.5 Å². The van der Waals surface area contributed by atoms with Crippen molar-refractivity contribution in [1.82, 2.24) is 10.2 Å². The summed E-state index contributed by atoms with van der Waals surface area (Å²) in [5.41, 5.74) is 3.20. The number of hydrogen-bond acceptors (Lipinski definition) is 3. The quantitative estimate of drug-likeness (QED) is 0.271. The van der Waals surface area contributed by atoms with Gasteiger partial charge in [0, 0.05) is 44.7 Å². The van der Waals surface area contributed by atoms with Gasteiger partial charge in [-0.2, -0.15) is 0 Å². The molecule has 2 aromatic carbocycles. The van der Waals surface area contributed by atoms with Crippen molar-refractivity contribution in [1.29, 1.82) is 0 Å². The van der Waals surface area contributed by atoms with Crippen LogP contribution in [0.2, 0.25) is 0 Å². The lowest BCUT2D eigenvalue weighted by atomic mass is 10.1. The number of nitrogens with zero attached hydrogens (tertiary/aromatic N) is 2. The van der Waals surface area contributed by atoms with Crippen molar-refractivity contribution in [3.05, 3.63) is 65.7 Å². The summed E-state index contributed by atoms with van der Waals surface area (Å²) < 4.78 is 5.93. The second-order valence-electron chi connectivity index (χ2n) is 8.00. The number of amides is 1. The van der Waals surface area contributed by atoms with E-state index < -0.39 is 0 Å². The minimum atomic E-state index is 0. The van der Waals surface area contributed by atoms with Crippen molar-refractivity contribution in [2.45, 2.75) is 39.3 Å². The van der Waals surface area contributed by atoms with Crippen LogP contribution < -0.4 is 10.6 Å². The van der Waals surface area contributed by atoms with Crippen LogP contribution in [0, 0.1) is 5.92 Å². The summed E-state index contributed by atoms with van der Waals surface area (Å²) in [5, 5.41) is 6.38. The number of halogens is 1. The van der Waals surface area contributed by atoms with Gasteiger partial charge >= 0.3 is 0 Å². The average Bonchev–Trinajstić information content (AvgIpc) is 3.25. The first kappa shape index (κ1) is 26.1. The molecule has 1 unspecified atom stereocenters. The number of rotatable bonds is 9. The lowest BCUT2D eigenvalue weighted by Crippen LogP contribution is -2.39. The van der Waals surface area contributed by atoms with Crippen LogP contribution in [0.5, 0.6) is 0 Å². The monoisotopic (exact) mass is 550 g/mol. The molecule has 0 aliphatic carbocycles. The highest BCUT2D eigenvalue weighted by Gasteiger charge is 2.24. The fourth-order valence-electron chi connectivity index (χ4n) is 3.75. The molecule has 6 nitrogen and oxygen atoms in total. The molecule has 1 amide bonds. The van der Waals surface area contributed by atoms with Gasteiger partial charge in [-0.25, -0.2) is 0 Å². The molecule has 0 spiro atoms. The van der Waals surface area contributed by atoms with Gasteiger partial charge in [0.05, 0.1) is 13.2 Å². The average molecular weight is 550 g/mol. The van der Waals surface area contributed by atoms with Crippen molar-refractivity contribution in [3.8, 4) is 0 Å². The minimum Gasteiger partial charge on any atom is -0.376 e. The molecular formula is C25H35IN4O2. The van der Waals surface area contributed by atoms with Gasteiger partial charge in [-0.1, -0.05) is 49.4 Å². The Morgan fingerprint density at radius 2 is 1.88 bits per heavy atom. The van der Waals surface area contributed by atoms with Crippen molar-refractivity contribution in [3.63, 3.8) is 0 Å². The normalized spacial score (nSPS) is 15.9. The summed E-state index contributed by atoms with van der Waals surface area (Å²) in [6, 6.07) is 18.3. The van der Waals surface area contributed by atoms with Crippen molar-refractivity contribution < 1.29 is 9.53 Å². The van der Waals surface area contributed by atoms with Crippen molar-refractivity contribution >= 4 is 41.5 Å². The predicted octanol–water partition coefficient (Wildman–Crippen LogP) is 4.66. The molecule has 0 bridgehead atoms. The van der Waals surface area contributed by atoms with E-state index in [-0.39, 0.29) is 29.9 Å². The zero-order valence-corrected chi connectivity index (χ0v) is 21.4. The van der Waals surface area contributed by atoms with Crippen LogP contribution >= 0.6 is 24.0 Å². The number of nitrogens with one attached hydrogen (secondary N) is 2. The van der Waals surface area contributed by atoms with Gasteiger partial charge in [-0.05, 0) is 36.1 Å². The third-order valence-electron chi connectivity index (χ3n) is 5.43. The fraction of sp³-hybridized carbons (Fsp3) is 0.440. The molecule has 1 heterocycles. The Morgan fingerprint density at radius 1 is 1.12 bits per heavy atom. The predicted molar refractivity (Wildman–Crippen MR) is 141 cm³/mol. The molecule has 1 saturated heterocycles. The maximum atomic E-state index is 11.7. The smallest absolute Gasteiger partial charge is 0.224 e. The van der Waals surface area contributed by atoms with Gasteiger partial charge in [0.1, 0.15) is 0 Å². The van der Waals surface area contributed by atoms with E-state index in [4.69, 9.17) is 4.74 Å². The molecule has 0 aromatic heterocycles. The van der Waals surface area contributed by atoms with E-state index in [0.717, 1.165) is 49.7 Å². The number of guanidine groups is 1. The summed E-state index contributed by atoms with van der Waals surface area (Å²) >= 11 is 0. The molecule has 0 radical (unpaired) electrons. The molecule has 174 valence electrons. The van der Waals surface area contributed by atoms with Gasteiger partial charge in [0.2, 0.25) is 5.91 Å². The third-order valence-corrected chi connectivity index (χ3v) is 5.43. The highest BCUT2D eigenvalue weighted by molar-refractivity contribution is 14.0. The van der Waals surface area contributed by atoms with Gasteiger partial charge in [0.25, 0.3) is 0 Å². The summed E-state index contributed by atoms with van der Waals surface area (Å²) in [4.78, 5) is 18.5. The molecule has 32 heavy (non-hydrogen) atoms. The van der Waals surface area contributed by atoms with Gasteiger partial charge in [0.15, 0.2) is 5.96 Å². The van der Waals surface area contributed by atoms with Crippen LogP contribution in [0.1, 0.15) is 37.3 Å². The van der Waals surface area contributed by atoms with Crippen LogP contribution in [0.15, 0.2) is 59.6 Å². The third kappa shape index (κ3) is 8.43. The van der Waals surface area contributed by atoms with Crippen LogP contribution in [0.3, 0.4) is 0 Å². The van der Waals surface area contributed by atoms with Crippen LogP contribution in [0.25, 0.3) is 0 Å². The number of aliphatic imine (C=N–C) groups is 1. The lowest BCUT2D eigenvalue weighted by Gasteiger charge is -2.22.